The summed E-state index contributed by atoms with van der Waals surface area (Å²) in [7, 11) is 0. The fourth-order valence-corrected chi connectivity index (χ4v) is 1.64. The quantitative estimate of drug-likeness (QED) is 0.629. The van der Waals surface area contributed by atoms with E-state index in [-0.39, 0.29) is 0 Å². The molecule has 1 saturated heterocycles. The average Bonchev–Trinajstić information content (AvgIpc) is 2.59. The van der Waals surface area contributed by atoms with Crippen LogP contribution in [0.5, 0.6) is 0 Å². The summed E-state index contributed by atoms with van der Waals surface area (Å²) in [6.07, 6.45) is 2.34. The fraction of sp³-hybridized carbons (Fsp3) is 1.00. The van der Waals surface area contributed by atoms with Crippen LogP contribution < -0.4 is 11.1 Å². The molecule has 1 aliphatic heterocycles. The maximum absolute atomic E-state index is 5.68. The zero-order valence-electron chi connectivity index (χ0n) is 7.88. The molecule has 3 heteroatoms. The molecule has 1 fully saturated rings. The van der Waals surface area contributed by atoms with Gasteiger partial charge in [0.2, 0.25) is 0 Å². The third kappa shape index (κ3) is 2.73. The topological polar surface area (TPSA) is 47.3 Å². The van der Waals surface area contributed by atoms with Gasteiger partial charge in [0.05, 0.1) is 6.61 Å². The van der Waals surface area contributed by atoms with Crippen LogP contribution in [0.3, 0.4) is 0 Å². The SMILES string of the molecule is CCCNC(CN)C1CCOC1. The second-order valence-corrected chi connectivity index (χ2v) is 3.42. The van der Waals surface area contributed by atoms with Gasteiger partial charge < -0.3 is 15.8 Å². The van der Waals surface area contributed by atoms with E-state index in [1.807, 2.05) is 0 Å². The average molecular weight is 172 g/mol. The van der Waals surface area contributed by atoms with Crippen LogP contribution in [0.25, 0.3) is 0 Å². The van der Waals surface area contributed by atoms with Crippen LogP contribution >= 0.6 is 0 Å². The van der Waals surface area contributed by atoms with E-state index in [1.54, 1.807) is 0 Å². The standard InChI is InChI=1S/C9H20N2O/c1-2-4-11-9(6-10)8-3-5-12-7-8/h8-9,11H,2-7,10H2,1H3. The summed E-state index contributed by atoms with van der Waals surface area (Å²) in [5.74, 6) is 0.640. The molecule has 12 heavy (non-hydrogen) atoms. The normalized spacial score (nSPS) is 26.0. The summed E-state index contributed by atoms with van der Waals surface area (Å²) in [6, 6.07) is 0.465. The third-order valence-electron chi connectivity index (χ3n) is 2.44. The Morgan fingerprint density at radius 2 is 2.50 bits per heavy atom. The second kappa shape index (κ2) is 5.51. The second-order valence-electron chi connectivity index (χ2n) is 3.42. The predicted molar refractivity (Wildman–Crippen MR) is 50.1 cm³/mol. The van der Waals surface area contributed by atoms with Crippen LogP contribution in [0, 0.1) is 5.92 Å². The van der Waals surface area contributed by atoms with Gasteiger partial charge in [0.15, 0.2) is 0 Å². The van der Waals surface area contributed by atoms with Crippen molar-refractivity contribution >= 4 is 0 Å². The van der Waals surface area contributed by atoms with Gasteiger partial charge in [-0.3, -0.25) is 0 Å². The van der Waals surface area contributed by atoms with Crippen LogP contribution in [0.15, 0.2) is 0 Å². The molecule has 0 amide bonds. The predicted octanol–water partition coefficient (Wildman–Crippen LogP) is 0.350. The van der Waals surface area contributed by atoms with E-state index < -0.39 is 0 Å². The fourth-order valence-electron chi connectivity index (χ4n) is 1.64. The highest BCUT2D eigenvalue weighted by Crippen LogP contribution is 2.15. The summed E-state index contributed by atoms with van der Waals surface area (Å²) in [5, 5.41) is 3.46. The van der Waals surface area contributed by atoms with E-state index in [1.165, 1.54) is 12.8 Å². The molecule has 3 nitrogen and oxygen atoms in total. The zero-order chi connectivity index (χ0) is 8.81. The summed E-state index contributed by atoms with van der Waals surface area (Å²) in [6.45, 7) is 5.77. The van der Waals surface area contributed by atoms with Crippen LogP contribution in [-0.2, 0) is 4.74 Å². The minimum atomic E-state index is 0.465. The van der Waals surface area contributed by atoms with Gasteiger partial charge in [-0.1, -0.05) is 6.92 Å². The first kappa shape index (κ1) is 9.96. The number of hydrogen-bond donors (Lipinski definition) is 2. The highest BCUT2D eigenvalue weighted by molar-refractivity contribution is 4.79. The number of hydrogen-bond acceptors (Lipinski definition) is 3. The molecule has 1 aliphatic rings. The minimum absolute atomic E-state index is 0.465. The Morgan fingerprint density at radius 1 is 1.67 bits per heavy atom. The molecule has 2 atom stereocenters. The van der Waals surface area contributed by atoms with Gasteiger partial charge in [-0.15, -0.1) is 0 Å². The molecule has 0 radical (unpaired) electrons. The number of ether oxygens (including phenoxy) is 1. The highest BCUT2D eigenvalue weighted by Gasteiger charge is 2.23. The molecule has 0 aliphatic carbocycles. The van der Waals surface area contributed by atoms with Crippen molar-refractivity contribution in [1.82, 2.24) is 5.32 Å². The molecule has 0 aromatic heterocycles. The van der Waals surface area contributed by atoms with Crippen molar-refractivity contribution in [2.75, 3.05) is 26.3 Å². The lowest BCUT2D eigenvalue weighted by Gasteiger charge is -2.21. The van der Waals surface area contributed by atoms with Crippen molar-refractivity contribution in [3.8, 4) is 0 Å². The first-order valence-electron chi connectivity index (χ1n) is 4.89. The first-order chi connectivity index (χ1) is 5.88. The van der Waals surface area contributed by atoms with E-state index in [0.29, 0.717) is 12.0 Å². The lowest BCUT2D eigenvalue weighted by Crippen LogP contribution is -2.42. The molecule has 0 saturated carbocycles. The maximum Gasteiger partial charge on any atom is 0.0510 e. The minimum Gasteiger partial charge on any atom is -0.381 e. The largest absolute Gasteiger partial charge is 0.381 e. The monoisotopic (exact) mass is 172 g/mol. The van der Waals surface area contributed by atoms with Gasteiger partial charge in [0.1, 0.15) is 0 Å². The molecule has 72 valence electrons. The Labute approximate surface area is 74.7 Å². The van der Waals surface area contributed by atoms with Crippen LogP contribution in [0.4, 0.5) is 0 Å². The molecule has 0 aromatic carbocycles. The van der Waals surface area contributed by atoms with Gasteiger partial charge in [-0.25, -0.2) is 0 Å². The van der Waals surface area contributed by atoms with Crippen LogP contribution in [0.2, 0.25) is 0 Å². The lowest BCUT2D eigenvalue weighted by atomic mass is 9.99. The summed E-state index contributed by atoms with van der Waals surface area (Å²) >= 11 is 0. The Hall–Kier alpha value is -0.120. The van der Waals surface area contributed by atoms with Gasteiger partial charge in [0, 0.05) is 25.1 Å². The van der Waals surface area contributed by atoms with Crippen LogP contribution in [0.1, 0.15) is 19.8 Å². The van der Waals surface area contributed by atoms with Gasteiger partial charge in [-0.2, -0.15) is 0 Å². The Balaban J connectivity index is 2.22. The Morgan fingerprint density at radius 3 is 3.00 bits per heavy atom. The van der Waals surface area contributed by atoms with E-state index in [0.717, 1.165) is 26.3 Å². The Kier molecular flexibility index (Phi) is 4.58. The molecule has 3 N–H and O–H groups in total. The highest BCUT2D eigenvalue weighted by atomic mass is 16.5. The van der Waals surface area contributed by atoms with Crippen molar-refractivity contribution in [1.29, 1.82) is 0 Å². The van der Waals surface area contributed by atoms with E-state index in [4.69, 9.17) is 10.5 Å². The molecule has 1 heterocycles. The van der Waals surface area contributed by atoms with Crippen molar-refractivity contribution < 1.29 is 4.74 Å². The van der Waals surface area contributed by atoms with Crippen molar-refractivity contribution in [3.63, 3.8) is 0 Å². The molecule has 1 rings (SSSR count). The maximum atomic E-state index is 5.68. The number of nitrogens with two attached hydrogens (primary N) is 1. The zero-order valence-corrected chi connectivity index (χ0v) is 7.88. The molecule has 2 unspecified atom stereocenters. The number of rotatable bonds is 5. The van der Waals surface area contributed by atoms with E-state index in [9.17, 15) is 0 Å². The molecule has 0 bridgehead atoms. The van der Waals surface area contributed by atoms with Gasteiger partial charge >= 0.3 is 0 Å². The van der Waals surface area contributed by atoms with E-state index in [2.05, 4.69) is 12.2 Å². The van der Waals surface area contributed by atoms with Crippen LogP contribution in [-0.4, -0.2) is 32.3 Å². The summed E-state index contributed by atoms with van der Waals surface area (Å²) < 4.78 is 5.32. The molecule has 0 spiro atoms. The van der Waals surface area contributed by atoms with Gasteiger partial charge in [0.25, 0.3) is 0 Å². The first-order valence-corrected chi connectivity index (χ1v) is 4.89. The Bertz CT molecular complexity index is 113. The third-order valence-corrected chi connectivity index (χ3v) is 2.44. The summed E-state index contributed by atoms with van der Waals surface area (Å²) in [4.78, 5) is 0. The molecular formula is C9H20N2O. The molecule has 0 aromatic rings. The molecular weight excluding hydrogens is 152 g/mol. The van der Waals surface area contributed by atoms with Gasteiger partial charge in [-0.05, 0) is 19.4 Å². The number of nitrogens with one attached hydrogen (secondary N) is 1. The smallest absolute Gasteiger partial charge is 0.0510 e. The van der Waals surface area contributed by atoms with Crippen molar-refractivity contribution in [2.45, 2.75) is 25.8 Å². The van der Waals surface area contributed by atoms with E-state index >= 15 is 0 Å². The van der Waals surface area contributed by atoms with Crippen molar-refractivity contribution in [3.05, 3.63) is 0 Å². The summed E-state index contributed by atoms with van der Waals surface area (Å²) in [5.41, 5.74) is 5.68. The lowest BCUT2D eigenvalue weighted by molar-refractivity contribution is 0.177. The van der Waals surface area contributed by atoms with Crippen molar-refractivity contribution in [2.24, 2.45) is 11.7 Å².